The molecule has 6 atom stereocenters. The number of hydrogen-bond acceptors (Lipinski definition) is 13. The van der Waals surface area contributed by atoms with Gasteiger partial charge in [0.05, 0.1) is 32.5 Å². The van der Waals surface area contributed by atoms with Gasteiger partial charge in [0.25, 0.3) is 0 Å². The molecule has 0 fully saturated rings. The quantitative estimate of drug-likeness (QED) is 0.0724. The van der Waals surface area contributed by atoms with E-state index in [-0.39, 0.29) is 11.5 Å². The number of carboxylic acid groups (broad SMARTS) is 1. The first-order chi connectivity index (χ1) is 17.4. The van der Waals surface area contributed by atoms with Crippen LogP contribution < -0.4 is 32.3 Å². The number of nitrogens with two attached hydrogens (primary N) is 1. The summed E-state index contributed by atoms with van der Waals surface area (Å²) in [6.07, 6.45) is 0. The van der Waals surface area contributed by atoms with Crippen LogP contribution in [0.15, 0.2) is 0 Å². The minimum atomic E-state index is -1.73. The van der Waals surface area contributed by atoms with Crippen LogP contribution in [0.1, 0.15) is 0 Å². The molecule has 0 rings (SSSR count). The molecular weight excluding hydrogens is 540 g/mol. The van der Waals surface area contributed by atoms with Crippen molar-refractivity contribution >= 4 is 60.8 Å². The molecule has 0 unspecified atom stereocenters. The molecule has 0 aromatic carbocycles. The Hall–Kier alpha value is -2.68. The van der Waals surface area contributed by atoms with Gasteiger partial charge in [0.1, 0.15) is 30.2 Å². The molecule has 0 heterocycles. The van der Waals surface area contributed by atoms with Crippen molar-refractivity contribution in [3.63, 3.8) is 0 Å². The largest absolute Gasteiger partial charge is 0.480 e. The average molecular weight is 573 g/mol. The van der Waals surface area contributed by atoms with Gasteiger partial charge in [0.15, 0.2) is 0 Å². The lowest BCUT2D eigenvalue weighted by atomic mass is 10.2. The lowest BCUT2D eigenvalue weighted by molar-refractivity contribution is -0.142. The van der Waals surface area contributed by atoms with E-state index >= 15 is 0 Å². The number of aliphatic hydroxyl groups excluding tert-OH is 4. The number of aliphatic carboxylic acids is 1. The van der Waals surface area contributed by atoms with Crippen molar-refractivity contribution in [3.05, 3.63) is 0 Å². The van der Waals surface area contributed by atoms with E-state index in [1.165, 1.54) is 0 Å². The molecule has 0 bridgehead atoms. The van der Waals surface area contributed by atoms with Crippen LogP contribution in [-0.4, -0.2) is 135 Å². The molecule has 0 aliphatic carbocycles. The number of nitrogens with one attached hydrogen (secondary N) is 5. The second kappa shape index (κ2) is 17.7. The Balaban J connectivity index is 5.23. The Kier molecular flexibility index (Phi) is 16.4. The first-order valence-electron chi connectivity index (χ1n) is 10.6. The van der Waals surface area contributed by atoms with Crippen LogP contribution in [0, 0.1) is 0 Å². The van der Waals surface area contributed by atoms with E-state index in [9.17, 15) is 49.2 Å². The number of hydrogen-bond donors (Lipinski definition) is 13. The number of rotatable bonds is 17. The maximum atomic E-state index is 12.5. The van der Waals surface area contributed by atoms with E-state index in [1.54, 1.807) is 0 Å². The monoisotopic (exact) mass is 572 g/mol. The fourth-order valence-corrected chi connectivity index (χ4v) is 2.83. The Morgan fingerprint density at radius 1 is 0.541 bits per heavy atom. The fourth-order valence-electron chi connectivity index (χ4n) is 2.41. The molecule has 0 aliphatic rings. The van der Waals surface area contributed by atoms with Crippen LogP contribution >= 0.6 is 25.3 Å². The summed E-state index contributed by atoms with van der Waals surface area (Å²) in [5.74, 6) is -7.12. The summed E-state index contributed by atoms with van der Waals surface area (Å²) in [5.41, 5.74) is 5.46. The van der Waals surface area contributed by atoms with Crippen molar-refractivity contribution in [2.45, 2.75) is 36.3 Å². The average Bonchev–Trinajstić information content (AvgIpc) is 2.88. The van der Waals surface area contributed by atoms with E-state index in [0.29, 0.717) is 0 Å². The van der Waals surface area contributed by atoms with E-state index in [0.717, 1.165) is 0 Å². The van der Waals surface area contributed by atoms with Crippen LogP contribution in [0.2, 0.25) is 0 Å². The van der Waals surface area contributed by atoms with E-state index < -0.39 is 98.2 Å². The van der Waals surface area contributed by atoms with Gasteiger partial charge in [-0.3, -0.25) is 24.0 Å². The molecule has 17 nitrogen and oxygen atoms in total. The Bertz CT molecular complexity index is 821. The predicted octanol–water partition coefficient (Wildman–Crippen LogP) is -7.35. The SMILES string of the molecule is N[C@@H](CS)C(=O)N[C@@H](CO)C(=O)N[C@@H](CO)C(=O)N[C@@H](CO)C(=O)N[C@@H](CO)C(=O)N[C@@H](CS)C(=O)O. The maximum Gasteiger partial charge on any atom is 0.327 e. The zero-order chi connectivity index (χ0) is 28.7. The van der Waals surface area contributed by atoms with Gasteiger partial charge in [-0.2, -0.15) is 25.3 Å². The number of carbonyl (C=O) groups excluding carboxylic acids is 5. The number of carboxylic acids is 1. The highest BCUT2D eigenvalue weighted by atomic mass is 32.1. The van der Waals surface area contributed by atoms with Crippen molar-refractivity contribution in [1.82, 2.24) is 26.6 Å². The summed E-state index contributed by atoms with van der Waals surface area (Å²) >= 11 is 7.59. The van der Waals surface area contributed by atoms with Gasteiger partial charge in [0.2, 0.25) is 29.5 Å². The molecule has 12 N–H and O–H groups in total. The van der Waals surface area contributed by atoms with E-state index in [1.807, 2.05) is 21.3 Å². The minimum absolute atomic E-state index is 0.0635. The molecule has 0 aromatic rings. The molecule has 0 saturated carbocycles. The number of amides is 5. The molecule has 19 heteroatoms. The van der Waals surface area contributed by atoms with Gasteiger partial charge >= 0.3 is 5.97 Å². The molecule has 0 spiro atoms. The zero-order valence-electron chi connectivity index (χ0n) is 19.4. The first-order valence-corrected chi connectivity index (χ1v) is 11.8. The lowest BCUT2D eigenvalue weighted by Crippen LogP contribution is -2.61. The molecule has 0 aliphatic heterocycles. The summed E-state index contributed by atoms with van der Waals surface area (Å²) in [7, 11) is 0. The van der Waals surface area contributed by atoms with Crippen molar-refractivity contribution < 1.29 is 54.3 Å². The van der Waals surface area contributed by atoms with Crippen molar-refractivity contribution in [2.75, 3.05) is 37.9 Å². The third-order valence-electron chi connectivity index (χ3n) is 4.59. The van der Waals surface area contributed by atoms with Crippen molar-refractivity contribution in [1.29, 1.82) is 0 Å². The number of aliphatic hydroxyl groups is 4. The van der Waals surface area contributed by atoms with Gasteiger partial charge in [-0.05, 0) is 0 Å². The summed E-state index contributed by atoms with van der Waals surface area (Å²) in [4.78, 5) is 72.2. The van der Waals surface area contributed by atoms with E-state index in [4.69, 9.17) is 10.8 Å². The molecule has 0 saturated heterocycles. The molecule has 0 aromatic heterocycles. The highest BCUT2D eigenvalue weighted by Gasteiger charge is 2.31. The van der Waals surface area contributed by atoms with Gasteiger partial charge < -0.3 is 57.9 Å². The first kappa shape index (κ1) is 34.3. The summed E-state index contributed by atoms with van der Waals surface area (Å²) in [5, 5.41) is 56.9. The van der Waals surface area contributed by atoms with Crippen LogP contribution in [0.25, 0.3) is 0 Å². The normalized spacial score (nSPS) is 15.6. The van der Waals surface area contributed by atoms with Gasteiger partial charge in [-0.1, -0.05) is 0 Å². The number of thiol groups is 2. The van der Waals surface area contributed by atoms with Gasteiger partial charge in [-0.15, -0.1) is 0 Å². The highest BCUT2D eigenvalue weighted by Crippen LogP contribution is 1.96. The zero-order valence-corrected chi connectivity index (χ0v) is 21.2. The summed E-state index contributed by atoms with van der Waals surface area (Å²) in [6, 6.07) is -9.17. The predicted molar refractivity (Wildman–Crippen MR) is 131 cm³/mol. The molecular formula is C18H32N6O11S2. The Labute approximate surface area is 221 Å². The second-order valence-corrected chi connectivity index (χ2v) is 8.08. The Morgan fingerprint density at radius 3 is 1.03 bits per heavy atom. The van der Waals surface area contributed by atoms with Crippen LogP contribution in [0.5, 0.6) is 0 Å². The smallest absolute Gasteiger partial charge is 0.327 e. The molecule has 0 radical (unpaired) electrons. The highest BCUT2D eigenvalue weighted by molar-refractivity contribution is 7.80. The Morgan fingerprint density at radius 2 is 0.811 bits per heavy atom. The molecule has 37 heavy (non-hydrogen) atoms. The minimum Gasteiger partial charge on any atom is -0.480 e. The maximum absolute atomic E-state index is 12.5. The summed E-state index contributed by atoms with van der Waals surface area (Å²) in [6.45, 7) is -3.88. The van der Waals surface area contributed by atoms with Gasteiger partial charge in [0, 0.05) is 11.5 Å². The standard InChI is InChI=1S/C18H32N6O11S2/c19-7(5-36)13(29)20-8(1-25)14(30)21-9(2-26)15(31)22-10(3-27)16(32)23-11(4-28)17(33)24-12(6-37)18(34)35/h7-12,25-28,36-37H,1-6,19H2,(H,20,29)(H,21,30)(H,22,31)(H,23,32)(H,24,33)(H,34,35)/t7-,8-,9-,10-,11-,12-/m0/s1. The van der Waals surface area contributed by atoms with Crippen molar-refractivity contribution in [2.24, 2.45) is 5.73 Å². The van der Waals surface area contributed by atoms with Crippen molar-refractivity contribution in [3.8, 4) is 0 Å². The van der Waals surface area contributed by atoms with Crippen LogP contribution in [0.4, 0.5) is 0 Å². The van der Waals surface area contributed by atoms with Gasteiger partial charge in [-0.25, -0.2) is 4.79 Å². The second-order valence-electron chi connectivity index (χ2n) is 7.35. The molecule has 212 valence electrons. The van der Waals surface area contributed by atoms with Crippen LogP contribution in [0.3, 0.4) is 0 Å². The summed E-state index contributed by atoms with van der Waals surface area (Å²) < 4.78 is 0. The third kappa shape index (κ3) is 11.5. The topological polar surface area (TPSA) is 290 Å². The lowest BCUT2D eigenvalue weighted by Gasteiger charge is -2.24. The number of carbonyl (C=O) groups is 6. The fraction of sp³-hybridized carbons (Fsp3) is 0.667. The molecule has 5 amide bonds. The van der Waals surface area contributed by atoms with Crippen LogP contribution in [-0.2, 0) is 28.8 Å². The third-order valence-corrected chi connectivity index (χ3v) is 5.35. The van der Waals surface area contributed by atoms with E-state index in [2.05, 4.69) is 30.6 Å².